The zero-order chi connectivity index (χ0) is 14.4. The first-order valence-corrected chi connectivity index (χ1v) is 8.66. The van der Waals surface area contributed by atoms with Crippen LogP contribution in [0.2, 0.25) is 0 Å². The lowest BCUT2D eigenvalue weighted by Gasteiger charge is -2.08. The van der Waals surface area contributed by atoms with Crippen molar-refractivity contribution in [2.24, 2.45) is 0 Å². The van der Waals surface area contributed by atoms with Crippen molar-refractivity contribution in [1.29, 1.82) is 0 Å². The van der Waals surface area contributed by atoms with Crippen molar-refractivity contribution in [3.63, 3.8) is 0 Å². The van der Waals surface area contributed by atoms with Crippen LogP contribution in [0.4, 0.5) is 4.39 Å². The first kappa shape index (κ1) is 15.4. The van der Waals surface area contributed by atoms with Crippen molar-refractivity contribution in [3.8, 4) is 0 Å². The van der Waals surface area contributed by atoms with Gasteiger partial charge in [-0.3, -0.25) is 0 Å². The van der Waals surface area contributed by atoms with Gasteiger partial charge in [-0.05, 0) is 38.3 Å². The highest BCUT2D eigenvalue weighted by atomic mass is 32.2. The lowest BCUT2D eigenvalue weighted by Crippen LogP contribution is -2.27. The molecule has 4 nitrogen and oxygen atoms in total. The SMILES string of the molecule is O=S(=O)(CCCCNC1CC1)NCc1ccccc1F. The van der Waals surface area contributed by atoms with E-state index in [1.54, 1.807) is 18.2 Å². The number of hydrogen-bond donors (Lipinski definition) is 2. The summed E-state index contributed by atoms with van der Waals surface area (Å²) >= 11 is 0. The molecule has 0 atom stereocenters. The zero-order valence-electron chi connectivity index (χ0n) is 11.4. The maximum Gasteiger partial charge on any atom is 0.211 e. The molecule has 6 heteroatoms. The Balaban J connectivity index is 1.66. The van der Waals surface area contributed by atoms with E-state index >= 15 is 0 Å². The van der Waals surface area contributed by atoms with Crippen LogP contribution >= 0.6 is 0 Å². The average molecular weight is 300 g/mol. The van der Waals surface area contributed by atoms with Crippen LogP contribution in [-0.4, -0.2) is 26.8 Å². The first-order chi connectivity index (χ1) is 9.57. The molecule has 2 N–H and O–H groups in total. The standard InChI is InChI=1S/C14H21FN2O2S/c15-14-6-2-1-5-12(14)11-17-20(18,19)10-4-3-9-16-13-7-8-13/h1-2,5-6,13,16-17H,3-4,7-11H2. The number of rotatable bonds is 9. The van der Waals surface area contributed by atoms with E-state index in [1.807, 2.05) is 0 Å². The Bertz CT molecular complexity index is 530. The quantitative estimate of drug-likeness (QED) is 0.684. The highest BCUT2D eigenvalue weighted by Gasteiger charge is 2.19. The van der Waals surface area contributed by atoms with Gasteiger partial charge < -0.3 is 5.32 Å². The smallest absolute Gasteiger partial charge is 0.211 e. The van der Waals surface area contributed by atoms with Gasteiger partial charge in [0.15, 0.2) is 0 Å². The highest BCUT2D eigenvalue weighted by Crippen LogP contribution is 2.18. The Morgan fingerprint density at radius 1 is 1.20 bits per heavy atom. The van der Waals surface area contributed by atoms with E-state index in [-0.39, 0.29) is 18.1 Å². The minimum atomic E-state index is -3.33. The Kier molecular flexibility index (Phi) is 5.51. The maximum absolute atomic E-state index is 13.4. The molecule has 1 aliphatic carbocycles. The maximum atomic E-state index is 13.4. The summed E-state index contributed by atoms with van der Waals surface area (Å²) in [7, 11) is -3.33. The number of unbranched alkanes of at least 4 members (excludes halogenated alkanes) is 1. The van der Waals surface area contributed by atoms with E-state index in [0.717, 1.165) is 13.0 Å². The third kappa shape index (κ3) is 5.56. The molecule has 0 bridgehead atoms. The largest absolute Gasteiger partial charge is 0.314 e. The molecule has 1 aromatic rings. The van der Waals surface area contributed by atoms with Crippen LogP contribution in [0.3, 0.4) is 0 Å². The van der Waals surface area contributed by atoms with Crippen LogP contribution in [0.25, 0.3) is 0 Å². The van der Waals surface area contributed by atoms with Crippen LogP contribution in [0, 0.1) is 5.82 Å². The minimum absolute atomic E-state index is 0.00926. The van der Waals surface area contributed by atoms with Crippen LogP contribution in [0.1, 0.15) is 31.2 Å². The molecule has 1 aromatic carbocycles. The lowest BCUT2D eigenvalue weighted by atomic mass is 10.2. The number of sulfonamides is 1. The van der Waals surface area contributed by atoms with E-state index < -0.39 is 10.0 Å². The van der Waals surface area contributed by atoms with E-state index in [9.17, 15) is 12.8 Å². The second-order valence-electron chi connectivity index (χ2n) is 5.17. The van der Waals surface area contributed by atoms with Gasteiger partial charge in [-0.2, -0.15) is 0 Å². The minimum Gasteiger partial charge on any atom is -0.314 e. The molecule has 0 amide bonds. The van der Waals surface area contributed by atoms with Crippen LogP contribution in [-0.2, 0) is 16.6 Å². The van der Waals surface area contributed by atoms with Crippen molar-refractivity contribution in [1.82, 2.24) is 10.0 Å². The van der Waals surface area contributed by atoms with Gasteiger partial charge in [0.1, 0.15) is 5.82 Å². The Hall–Kier alpha value is -0.980. The van der Waals surface area contributed by atoms with Crippen LogP contribution in [0.15, 0.2) is 24.3 Å². The second-order valence-corrected chi connectivity index (χ2v) is 7.09. The summed E-state index contributed by atoms with van der Waals surface area (Å²) in [6.07, 6.45) is 3.94. The van der Waals surface area contributed by atoms with E-state index in [0.29, 0.717) is 18.0 Å². The predicted octanol–water partition coefficient (Wildman–Crippen LogP) is 1.78. The normalized spacial score (nSPS) is 15.4. The third-order valence-electron chi connectivity index (χ3n) is 3.29. The van der Waals surface area contributed by atoms with E-state index in [1.165, 1.54) is 18.9 Å². The van der Waals surface area contributed by atoms with Gasteiger partial charge in [0.25, 0.3) is 0 Å². The van der Waals surface area contributed by atoms with E-state index in [4.69, 9.17) is 0 Å². The predicted molar refractivity (Wildman–Crippen MR) is 77.3 cm³/mol. The molecule has 0 spiro atoms. The van der Waals surface area contributed by atoms with Crippen molar-refractivity contribution < 1.29 is 12.8 Å². The monoisotopic (exact) mass is 300 g/mol. The molecule has 0 unspecified atom stereocenters. The van der Waals surface area contributed by atoms with Crippen LogP contribution < -0.4 is 10.0 Å². The topological polar surface area (TPSA) is 58.2 Å². The fourth-order valence-corrected chi connectivity index (χ4v) is 3.02. The van der Waals surface area contributed by atoms with Crippen molar-refractivity contribution in [3.05, 3.63) is 35.6 Å². The summed E-state index contributed by atoms with van der Waals surface area (Å²) in [5.41, 5.74) is 0.367. The molecule has 0 heterocycles. The van der Waals surface area contributed by atoms with Gasteiger partial charge in [-0.25, -0.2) is 17.5 Å². The summed E-state index contributed by atoms with van der Waals surface area (Å²) in [5, 5.41) is 3.34. The van der Waals surface area contributed by atoms with Crippen molar-refractivity contribution in [2.75, 3.05) is 12.3 Å². The van der Waals surface area contributed by atoms with Gasteiger partial charge in [-0.1, -0.05) is 18.2 Å². The average Bonchev–Trinajstić information content (AvgIpc) is 3.21. The number of nitrogens with one attached hydrogen (secondary N) is 2. The molecule has 1 aliphatic rings. The van der Waals surface area contributed by atoms with Gasteiger partial charge in [0.2, 0.25) is 10.0 Å². The summed E-state index contributed by atoms with van der Waals surface area (Å²) in [6.45, 7) is 0.878. The molecular weight excluding hydrogens is 279 g/mol. The molecule has 20 heavy (non-hydrogen) atoms. The Labute approximate surface area is 119 Å². The summed E-state index contributed by atoms with van der Waals surface area (Å²) in [5.74, 6) is -0.294. The molecule has 0 aromatic heterocycles. The lowest BCUT2D eigenvalue weighted by molar-refractivity contribution is 0.567. The zero-order valence-corrected chi connectivity index (χ0v) is 12.3. The Morgan fingerprint density at radius 2 is 1.95 bits per heavy atom. The fraction of sp³-hybridized carbons (Fsp3) is 0.571. The van der Waals surface area contributed by atoms with E-state index in [2.05, 4.69) is 10.0 Å². The van der Waals surface area contributed by atoms with Gasteiger partial charge >= 0.3 is 0 Å². The van der Waals surface area contributed by atoms with Crippen LogP contribution in [0.5, 0.6) is 0 Å². The molecule has 1 fully saturated rings. The van der Waals surface area contributed by atoms with Crippen molar-refractivity contribution in [2.45, 2.75) is 38.3 Å². The molecule has 1 saturated carbocycles. The van der Waals surface area contributed by atoms with Gasteiger partial charge in [0, 0.05) is 18.2 Å². The molecule has 0 aliphatic heterocycles. The fourth-order valence-electron chi connectivity index (χ4n) is 1.91. The summed E-state index contributed by atoms with van der Waals surface area (Å²) in [4.78, 5) is 0. The van der Waals surface area contributed by atoms with Gasteiger partial charge in [0.05, 0.1) is 5.75 Å². The Morgan fingerprint density at radius 3 is 2.65 bits per heavy atom. The summed E-state index contributed by atoms with van der Waals surface area (Å²) in [6, 6.07) is 6.84. The highest BCUT2D eigenvalue weighted by molar-refractivity contribution is 7.89. The molecule has 112 valence electrons. The number of halogens is 1. The van der Waals surface area contributed by atoms with Gasteiger partial charge in [-0.15, -0.1) is 0 Å². The second kappa shape index (κ2) is 7.15. The number of hydrogen-bond acceptors (Lipinski definition) is 3. The molecule has 2 rings (SSSR count). The number of benzene rings is 1. The molecular formula is C14H21FN2O2S. The molecule has 0 radical (unpaired) electrons. The molecule has 0 saturated heterocycles. The summed E-state index contributed by atoms with van der Waals surface area (Å²) < 4.78 is 39.3. The first-order valence-electron chi connectivity index (χ1n) is 7.01. The van der Waals surface area contributed by atoms with Crippen molar-refractivity contribution >= 4 is 10.0 Å². The third-order valence-corrected chi connectivity index (χ3v) is 4.70.